The molecule has 1 aliphatic carbocycles. The lowest BCUT2D eigenvalue weighted by Crippen LogP contribution is -2.42. The van der Waals surface area contributed by atoms with Crippen molar-refractivity contribution in [3.8, 4) is 5.75 Å². The van der Waals surface area contributed by atoms with Gasteiger partial charge >= 0.3 is 6.03 Å². The lowest BCUT2D eigenvalue weighted by atomic mass is 10.2. The maximum atomic E-state index is 12.1. The molecule has 2 rings (SSSR count). The van der Waals surface area contributed by atoms with E-state index in [1.807, 2.05) is 18.2 Å². The number of aliphatic hydroxyl groups is 1. The molecule has 1 aromatic rings. The topological polar surface area (TPSA) is 61.8 Å². The third-order valence-corrected chi connectivity index (χ3v) is 3.87. The zero-order chi connectivity index (χ0) is 14.5. The number of amides is 2. The highest BCUT2D eigenvalue weighted by atomic mass is 79.9. The Morgan fingerprint density at radius 2 is 2.30 bits per heavy atom. The molecular weight excluding hydrogens is 324 g/mol. The third-order valence-electron chi connectivity index (χ3n) is 3.25. The van der Waals surface area contributed by atoms with Crippen LogP contribution < -0.4 is 10.1 Å². The van der Waals surface area contributed by atoms with Crippen LogP contribution in [0.5, 0.6) is 5.75 Å². The average Bonchev–Trinajstić information content (AvgIpc) is 3.26. The highest BCUT2D eigenvalue weighted by Crippen LogP contribution is 2.27. The fraction of sp³-hybridized carbons (Fsp3) is 0.500. The van der Waals surface area contributed by atoms with Gasteiger partial charge in [-0.1, -0.05) is 6.07 Å². The van der Waals surface area contributed by atoms with Crippen LogP contribution in [0, 0.1) is 0 Å². The summed E-state index contributed by atoms with van der Waals surface area (Å²) in [6.07, 6.45) is 2.06. The molecule has 5 nitrogen and oxygen atoms in total. The van der Waals surface area contributed by atoms with E-state index in [0.717, 1.165) is 28.6 Å². The van der Waals surface area contributed by atoms with Crippen molar-refractivity contribution in [2.24, 2.45) is 0 Å². The van der Waals surface area contributed by atoms with Crippen LogP contribution in [0.15, 0.2) is 22.7 Å². The molecule has 1 saturated carbocycles. The molecule has 1 fully saturated rings. The number of nitrogens with one attached hydrogen (secondary N) is 1. The van der Waals surface area contributed by atoms with Gasteiger partial charge in [-0.3, -0.25) is 0 Å². The molecule has 0 bridgehead atoms. The number of ether oxygens (including phenoxy) is 1. The lowest BCUT2D eigenvalue weighted by Gasteiger charge is -2.21. The van der Waals surface area contributed by atoms with Crippen molar-refractivity contribution < 1.29 is 14.6 Å². The SMILES string of the molecule is COc1ccc(CNC(=O)N(CCO)C2CC2)cc1Br. The molecular formula is C14H19BrN2O3. The summed E-state index contributed by atoms with van der Waals surface area (Å²) in [5.74, 6) is 0.764. The summed E-state index contributed by atoms with van der Waals surface area (Å²) in [7, 11) is 1.62. The highest BCUT2D eigenvalue weighted by Gasteiger charge is 2.31. The van der Waals surface area contributed by atoms with Crippen LogP contribution >= 0.6 is 15.9 Å². The number of halogens is 1. The number of nitrogens with zero attached hydrogens (tertiary/aromatic N) is 1. The summed E-state index contributed by atoms with van der Waals surface area (Å²) < 4.78 is 6.03. The number of aliphatic hydroxyl groups excluding tert-OH is 1. The molecule has 1 aromatic carbocycles. The van der Waals surface area contributed by atoms with Gasteiger partial charge in [-0.15, -0.1) is 0 Å². The third kappa shape index (κ3) is 3.86. The van der Waals surface area contributed by atoms with Gasteiger partial charge in [0, 0.05) is 19.1 Å². The van der Waals surface area contributed by atoms with Gasteiger partial charge in [0.1, 0.15) is 5.75 Å². The molecule has 0 radical (unpaired) electrons. The van der Waals surface area contributed by atoms with E-state index in [2.05, 4.69) is 21.2 Å². The van der Waals surface area contributed by atoms with Gasteiger partial charge in [-0.25, -0.2) is 4.79 Å². The molecule has 0 unspecified atom stereocenters. The van der Waals surface area contributed by atoms with Gasteiger partial charge in [-0.2, -0.15) is 0 Å². The van der Waals surface area contributed by atoms with Gasteiger partial charge < -0.3 is 20.1 Å². The second-order valence-corrected chi connectivity index (χ2v) is 5.63. The van der Waals surface area contributed by atoms with Crippen molar-refractivity contribution in [1.82, 2.24) is 10.2 Å². The molecule has 2 amide bonds. The van der Waals surface area contributed by atoms with Crippen molar-refractivity contribution in [2.45, 2.75) is 25.4 Å². The molecule has 0 aliphatic heterocycles. The minimum Gasteiger partial charge on any atom is -0.496 e. The number of urea groups is 1. The molecule has 110 valence electrons. The standard InChI is InChI=1S/C14H19BrN2O3/c1-20-13-5-2-10(8-12(13)15)9-16-14(19)17(6-7-18)11-3-4-11/h2,5,8,11,18H,3-4,6-7,9H2,1H3,(H,16,19). The summed E-state index contributed by atoms with van der Waals surface area (Å²) in [6.45, 7) is 0.844. The predicted molar refractivity (Wildman–Crippen MR) is 79.7 cm³/mol. The summed E-state index contributed by atoms with van der Waals surface area (Å²) in [6, 6.07) is 5.88. The van der Waals surface area contributed by atoms with Crippen LogP contribution in [0.4, 0.5) is 4.79 Å². The van der Waals surface area contributed by atoms with Crippen LogP contribution in [-0.2, 0) is 6.54 Å². The van der Waals surface area contributed by atoms with E-state index in [1.54, 1.807) is 12.0 Å². The van der Waals surface area contributed by atoms with Crippen LogP contribution in [-0.4, -0.2) is 42.3 Å². The quantitative estimate of drug-likeness (QED) is 0.832. The zero-order valence-corrected chi connectivity index (χ0v) is 13.0. The van der Waals surface area contributed by atoms with Gasteiger partial charge in [0.25, 0.3) is 0 Å². The number of hydrogen-bond acceptors (Lipinski definition) is 3. The van der Waals surface area contributed by atoms with Crippen LogP contribution in [0.25, 0.3) is 0 Å². The molecule has 6 heteroatoms. The fourth-order valence-electron chi connectivity index (χ4n) is 2.04. The van der Waals surface area contributed by atoms with Crippen molar-refractivity contribution in [1.29, 1.82) is 0 Å². The summed E-state index contributed by atoms with van der Waals surface area (Å²) in [4.78, 5) is 13.8. The second-order valence-electron chi connectivity index (χ2n) is 4.78. The van der Waals surface area contributed by atoms with Crippen LogP contribution in [0.3, 0.4) is 0 Å². The Morgan fingerprint density at radius 1 is 1.55 bits per heavy atom. The number of hydrogen-bond donors (Lipinski definition) is 2. The van der Waals surface area contributed by atoms with Crippen molar-refractivity contribution in [3.63, 3.8) is 0 Å². The molecule has 1 aliphatic rings. The average molecular weight is 343 g/mol. The Hall–Kier alpha value is -1.27. The first kappa shape index (κ1) is 15.1. The normalized spacial score (nSPS) is 13.9. The van der Waals surface area contributed by atoms with E-state index in [9.17, 15) is 4.79 Å². The number of rotatable bonds is 6. The zero-order valence-electron chi connectivity index (χ0n) is 11.4. The van der Waals surface area contributed by atoms with Crippen molar-refractivity contribution in [2.75, 3.05) is 20.3 Å². The van der Waals surface area contributed by atoms with E-state index < -0.39 is 0 Å². The largest absolute Gasteiger partial charge is 0.496 e. The lowest BCUT2D eigenvalue weighted by molar-refractivity contribution is 0.173. The molecule has 20 heavy (non-hydrogen) atoms. The smallest absolute Gasteiger partial charge is 0.317 e. The minimum absolute atomic E-state index is 0.00198. The number of benzene rings is 1. The Kier molecular flexibility index (Phi) is 5.25. The fourth-order valence-corrected chi connectivity index (χ4v) is 2.63. The van der Waals surface area contributed by atoms with E-state index in [0.29, 0.717) is 19.1 Å². The van der Waals surface area contributed by atoms with Crippen molar-refractivity contribution >= 4 is 22.0 Å². The van der Waals surface area contributed by atoms with E-state index in [-0.39, 0.29) is 12.6 Å². The predicted octanol–water partition coefficient (Wildman–Crippen LogP) is 2.12. The molecule has 0 atom stereocenters. The van der Waals surface area contributed by atoms with E-state index >= 15 is 0 Å². The van der Waals surface area contributed by atoms with Gasteiger partial charge in [0.15, 0.2) is 0 Å². The van der Waals surface area contributed by atoms with Gasteiger partial charge in [0.2, 0.25) is 0 Å². The minimum atomic E-state index is -0.117. The Bertz CT molecular complexity index is 477. The molecule has 0 spiro atoms. The van der Waals surface area contributed by atoms with Gasteiger partial charge in [-0.05, 0) is 46.5 Å². The number of carbonyl (C=O) groups is 1. The Labute approximate surface area is 127 Å². The number of carbonyl (C=O) groups excluding carboxylic acids is 1. The first-order valence-electron chi connectivity index (χ1n) is 6.63. The molecule has 0 aromatic heterocycles. The first-order chi connectivity index (χ1) is 9.65. The van der Waals surface area contributed by atoms with Crippen molar-refractivity contribution in [3.05, 3.63) is 28.2 Å². The molecule has 0 heterocycles. The van der Waals surface area contributed by atoms with Crippen LogP contribution in [0.1, 0.15) is 18.4 Å². The number of methoxy groups -OCH3 is 1. The maximum absolute atomic E-state index is 12.1. The molecule has 2 N–H and O–H groups in total. The summed E-state index contributed by atoms with van der Waals surface area (Å²) in [5.41, 5.74) is 0.991. The Balaban J connectivity index is 1.90. The van der Waals surface area contributed by atoms with E-state index in [1.165, 1.54) is 0 Å². The maximum Gasteiger partial charge on any atom is 0.317 e. The highest BCUT2D eigenvalue weighted by molar-refractivity contribution is 9.10. The summed E-state index contributed by atoms with van der Waals surface area (Å²) in [5, 5.41) is 11.9. The summed E-state index contributed by atoms with van der Waals surface area (Å²) >= 11 is 3.42. The van der Waals surface area contributed by atoms with Gasteiger partial charge in [0.05, 0.1) is 18.2 Å². The monoisotopic (exact) mass is 342 g/mol. The molecule has 0 saturated heterocycles. The second kappa shape index (κ2) is 6.95. The van der Waals surface area contributed by atoms with E-state index in [4.69, 9.17) is 9.84 Å². The first-order valence-corrected chi connectivity index (χ1v) is 7.42. The Morgan fingerprint density at radius 3 is 2.85 bits per heavy atom. The van der Waals surface area contributed by atoms with Crippen LogP contribution in [0.2, 0.25) is 0 Å².